The SMILES string of the molecule is CS(=O)(=O)c1ccc(C(=O)NCCc2cccc(F)c2)cc1. The summed E-state index contributed by atoms with van der Waals surface area (Å²) in [6, 6.07) is 11.9. The van der Waals surface area contributed by atoms with Crippen LogP contribution in [0, 0.1) is 5.82 Å². The second-order valence-corrected chi connectivity index (χ2v) is 6.95. The van der Waals surface area contributed by atoms with Gasteiger partial charge in [0.2, 0.25) is 0 Å². The minimum atomic E-state index is -3.27. The summed E-state index contributed by atoms with van der Waals surface area (Å²) in [5.74, 6) is -0.600. The Balaban J connectivity index is 1.92. The van der Waals surface area contributed by atoms with Gasteiger partial charge in [0.05, 0.1) is 4.90 Å². The van der Waals surface area contributed by atoms with E-state index in [1.807, 2.05) is 0 Å². The maximum atomic E-state index is 13.0. The van der Waals surface area contributed by atoms with Crippen LogP contribution in [-0.4, -0.2) is 27.1 Å². The fourth-order valence-corrected chi connectivity index (χ4v) is 2.60. The standard InChI is InChI=1S/C16H16FNO3S/c1-22(20,21)15-7-5-13(6-8-15)16(19)18-10-9-12-3-2-4-14(17)11-12/h2-8,11H,9-10H2,1H3,(H,18,19). The van der Waals surface area contributed by atoms with Crippen LogP contribution in [0.1, 0.15) is 15.9 Å². The van der Waals surface area contributed by atoms with Crippen LogP contribution in [-0.2, 0) is 16.3 Å². The molecule has 0 saturated carbocycles. The number of carbonyl (C=O) groups excluding carboxylic acids is 1. The van der Waals surface area contributed by atoms with E-state index in [9.17, 15) is 17.6 Å². The molecule has 0 aromatic heterocycles. The lowest BCUT2D eigenvalue weighted by atomic mass is 10.1. The lowest BCUT2D eigenvalue weighted by molar-refractivity contribution is 0.0954. The first-order valence-corrected chi connectivity index (χ1v) is 8.58. The summed E-state index contributed by atoms with van der Waals surface area (Å²) in [6.07, 6.45) is 1.63. The van der Waals surface area contributed by atoms with Gasteiger partial charge in [-0.2, -0.15) is 0 Å². The molecule has 2 aromatic carbocycles. The number of amides is 1. The third-order valence-corrected chi connectivity index (χ3v) is 4.26. The fraction of sp³-hybridized carbons (Fsp3) is 0.188. The molecule has 116 valence electrons. The average Bonchev–Trinajstić information content (AvgIpc) is 2.46. The molecule has 0 saturated heterocycles. The minimum Gasteiger partial charge on any atom is -0.352 e. The van der Waals surface area contributed by atoms with Crippen LogP contribution in [0.3, 0.4) is 0 Å². The fourth-order valence-electron chi connectivity index (χ4n) is 1.97. The van der Waals surface area contributed by atoms with Crippen molar-refractivity contribution in [1.29, 1.82) is 0 Å². The zero-order chi connectivity index (χ0) is 16.2. The van der Waals surface area contributed by atoms with E-state index >= 15 is 0 Å². The zero-order valence-corrected chi connectivity index (χ0v) is 12.9. The number of hydrogen-bond acceptors (Lipinski definition) is 3. The second-order valence-electron chi connectivity index (χ2n) is 4.93. The highest BCUT2D eigenvalue weighted by Crippen LogP contribution is 2.10. The van der Waals surface area contributed by atoms with Crippen LogP contribution in [0.25, 0.3) is 0 Å². The predicted octanol–water partition coefficient (Wildman–Crippen LogP) is 2.20. The number of benzene rings is 2. The van der Waals surface area contributed by atoms with Gasteiger partial charge in [-0.05, 0) is 48.4 Å². The maximum absolute atomic E-state index is 13.0. The van der Waals surface area contributed by atoms with E-state index in [0.717, 1.165) is 11.8 Å². The van der Waals surface area contributed by atoms with Crippen LogP contribution in [0.4, 0.5) is 4.39 Å². The number of rotatable bonds is 5. The smallest absolute Gasteiger partial charge is 0.251 e. The first-order chi connectivity index (χ1) is 10.4. The van der Waals surface area contributed by atoms with Crippen molar-refractivity contribution < 1.29 is 17.6 Å². The van der Waals surface area contributed by atoms with Gasteiger partial charge in [-0.15, -0.1) is 0 Å². The van der Waals surface area contributed by atoms with Crippen LogP contribution in [0.15, 0.2) is 53.4 Å². The van der Waals surface area contributed by atoms with Crippen molar-refractivity contribution in [2.45, 2.75) is 11.3 Å². The third kappa shape index (κ3) is 4.39. The Kier molecular flexibility index (Phi) is 4.92. The Labute approximate surface area is 128 Å². The van der Waals surface area contributed by atoms with Crippen LogP contribution in [0.5, 0.6) is 0 Å². The summed E-state index contributed by atoms with van der Waals surface area (Å²) >= 11 is 0. The molecule has 0 radical (unpaired) electrons. The van der Waals surface area contributed by atoms with E-state index in [1.54, 1.807) is 12.1 Å². The predicted molar refractivity (Wildman–Crippen MR) is 82.0 cm³/mol. The van der Waals surface area contributed by atoms with E-state index in [0.29, 0.717) is 18.5 Å². The molecule has 0 aliphatic heterocycles. The summed E-state index contributed by atoms with van der Waals surface area (Å²) in [4.78, 5) is 12.1. The Morgan fingerprint density at radius 3 is 2.41 bits per heavy atom. The van der Waals surface area contributed by atoms with Crippen LogP contribution >= 0.6 is 0 Å². The molecule has 1 amide bonds. The first kappa shape index (κ1) is 16.2. The number of carbonyl (C=O) groups is 1. The van der Waals surface area contributed by atoms with Crippen molar-refractivity contribution in [3.63, 3.8) is 0 Å². The first-order valence-electron chi connectivity index (χ1n) is 6.69. The molecule has 22 heavy (non-hydrogen) atoms. The largest absolute Gasteiger partial charge is 0.352 e. The van der Waals surface area contributed by atoms with Gasteiger partial charge in [-0.1, -0.05) is 12.1 Å². The monoisotopic (exact) mass is 321 g/mol. The van der Waals surface area contributed by atoms with E-state index in [1.165, 1.54) is 36.4 Å². The summed E-state index contributed by atoms with van der Waals surface area (Å²) in [7, 11) is -3.27. The molecule has 0 heterocycles. The molecule has 0 atom stereocenters. The van der Waals surface area contributed by atoms with E-state index in [-0.39, 0.29) is 16.6 Å². The minimum absolute atomic E-state index is 0.170. The summed E-state index contributed by atoms with van der Waals surface area (Å²) in [6.45, 7) is 0.371. The molecule has 0 bridgehead atoms. The van der Waals surface area contributed by atoms with Crippen molar-refractivity contribution in [2.24, 2.45) is 0 Å². The summed E-state index contributed by atoms with van der Waals surface area (Å²) in [5, 5.41) is 2.71. The molecule has 0 unspecified atom stereocenters. The van der Waals surface area contributed by atoms with E-state index in [4.69, 9.17) is 0 Å². The lowest BCUT2D eigenvalue weighted by Crippen LogP contribution is -2.25. The average molecular weight is 321 g/mol. The topological polar surface area (TPSA) is 63.2 Å². The number of halogens is 1. The van der Waals surface area contributed by atoms with Crippen molar-refractivity contribution in [3.05, 3.63) is 65.5 Å². The third-order valence-electron chi connectivity index (χ3n) is 3.13. The van der Waals surface area contributed by atoms with Gasteiger partial charge >= 0.3 is 0 Å². The van der Waals surface area contributed by atoms with Crippen molar-refractivity contribution in [3.8, 4) is 0 Å². The molecular formula is C16H16FNO3S. The highest BCUT2D eigenvalue weighted by atomic mass is 32.2. The Morgan fingerprint density at radius 2 is 1.82 bits per heavy atom. The number of hydrogen-bond donors (Lipinski definition) is 1. The van der Waals surface area contributed by atoms with Gasteiger partial charge in [0, 0.05) is 18.4 Å². The molecule has 1 N–H and O–H groups in total. The molecule has 0 spiro atoms. The molecular weight excluding hydrogens is 305 g/mol. The molecule has 0 aliphatic rings. The Bertz CT molecular complexity index is 770. The van der Waals surface area contributed by atoms with Gasteiger partial charge in [0.25, 0.3) is 5.91 Å². The molecule has 2 aromatic rings. The van der Waals surface area contributed by atoms with Crippen molar-refractivity contribution in [1.82, 2.24) is 5.32 Å². The van der Waals surface area contributed by atoms with Gasteiger partial charge in [0.15, 0.2) is 9.84 Å². The normalized spacial score (nSPS) is 11.2. The zero-order valence-electron chi connectivity index (χ0n) is 12.0. The van der Waals surface area contributed by atoms with Crippen molar-refractivity contribution >= 4 is 15.7 Å². The van der Waals surface area contributed by atoms with Crippen LogP contribution < -0.4 is 5.32 Å². The summed E-state index contributed by atoms with van der Waals surface area (Å²) in [5.41, 5.74) is 1.18. The summed E-state index contributed by atoms with van der Waals surface area (Å²) < 4.78 is 35.7. The molecule has 0 fully saturated rings. The Hall–Kier alpha value is -2.21. The highest BCUT2D eigenvalue weighted by molar-refractivity contribution is 7.90. The van der Waals surface area contributed by atoms with Crippen LogP contribution in [0.2, 0.25) is 0 Å². The number of nitrogens with one attached hydrogen (secondary N) is 1. The van der Waals surface area contributed by atoms with Gasteiger partial charge in [-0.3, -0.25) is 4.79 Å². The van der Waals surface area contributed by atoms with E-state index < -0.39 is 9.84 Å². The van der Waals surface area contributed by atoms with Gasteiger partial charge < -0.3 is 5.32 Å². The van der Waals surface area contributed by atoms with Gasteiger partial charge in [0.1, 0.15) is 5.82 Å². The molecule has 4 nitrogen and oxygen atoms in total. The lowest BCUT2D eigenvalue weighted by Gasteiger charge is -2.06. The number of sulfone groups is 1. The molecule has 6 heteroatoms. The molecule has 0 aliphatic carbocycles. The second kappa shape index (κ2) is 6.70. The van der Waals surface area contributed by atoms with E-state index in [2.05, 4.69) is 5.32 Å². The maximum Gasteiger partial charge on any atom is 0.251 e. The van der Waals surface area contributed by atoms with Gasteiger partial charge in [-0.25, -0.2) is 12.8 Å². The van der Waals surface area contributed by atoms with Crippen molar-refractivity contribution in [2.75, 3.05) is 12.8 Å². The highest BCUT2D eigenvalue weighted by Gasteiger charge is 2.09. The quantitative estimate of drug-likeness (QED) is 0.918. The molecule has 2 rings (SSSR count). The Morgan fingerprint density at radius 1 is 1.14 bits per heavy atom.